The molecule has 0 aromatic carbocycles. The van der Waals surface area contributed by atoms with Crippen LogP contribution >= 0.6 is 0 Å². The van der Waals surface area contributed by atoms with E-state index in [1.54, 1.807) is 0 Å². The van der Waals surface area contributed by atoms with Gasteiger partial charge in [0.15, 0.2) is 0 Å². The van der Waals surface area contributed by atoms with E-state index in [1.807, 2.05) is 12.4 Å². The number of nitrogens with zero attached hydrogens (tertiary/aromatic N) is 2. The van der Waals surface area contributed by atoms with Crippen LogP contribution in [0.2, 0.25) is 0 Å². The molecule has 80 valence electrons. The fraction of sp³-hybridized carbons (Fsp3) is 0.538. The normalized spacial score (nSPS) is 16.5. The van der Waals surface area contributed by atoms with Crippen LogP contribution in [0.1, 0.15) is 50.4 Å². The average molecular weight is 202 g/mol. The second kappa shape index (κ2) is 3.44. The molecule has 15 heavy (non-hydrogen) atoms. The topological polar surface area (TPSA) is 25.2 Å². The summed E-state index contributed by atoms with van der Waals surface area (Å²) in [7, 11) is 0. The van der Waals surface area contributed by atoms with E-state index in [9.17, 15) is 0 Å². The molecule has 0 fully saturated rings. The molecule has 2 nitrogen and oxygen atoms in total. The maximum Gasteiger partial charge on any atom is 0.0818 e. The first kappa shape index (κ1) is 10.3. The van der Waals surface area contributed by atoms with Crippen LogP contribution in [0.4, 0.5) is 0 Å². The zero-order chi connectivity index (χ0) is 11.1. The van der Waals surface area contributed by atoms with Crippen molar-refractivity contribution in [3.8, 4) is 0 Å². The van der Waals surface area contributed by atoms with Crippen molar-refractivity contribution in [2.24, 2.45) is 10.4 Å². The van der Waals surface area contributed by atoms with Gasteiger partial charge in [-0.25, -0.2) is 0 Å². The molecule has 2 heteroatoms. The highest BCUT2D eigenvalue weighted by Crippen LogP contribution is 2.34. The van der Waals surface area contributed by atoms with Crippen molar-refractivity contribution >= 4 is 6.21 Å². The van der Waals surface area contributed by atoms with Gasteiger partial charge in [0.05, 0.1) is 12.2 Å². The number of fused-ring (bicyclic) bond motifs is 1. The second-order valence-electron chi connectivity index (χ2n) is 5.36. The molecule has 1 aliphatic rings. The third kappa shape index (κ3) is 1.94. The number of pyridine rings is 1. The maximum atomic E-state index is 4.47. The molecule has 0 radical (unpaired) electrons. The van der Waals surface area contributed by atoms with Gasteiger partial charge in [0, 0.05) is 18.0 Å². The van der Waals surface area contributed by atoms with Crippen molar-refractivity contribution in [1.82, 2.24) is 4.98 Å². The lowest BCUT2D eigenvalue weighted by atomic mass is 9.78. The minimum absolute atomic E-state index is 0.283. The Morgan fingerprint density at radius 3 is 2.73 bits per heavy atom. The van der Waals surface area contributed by atoms with Crippen LogP contribution in [0.5, 0.6) is 0 Å². The lowest BCUT2D eigenvalue weighted by Crippen LogP contribution is -2.15. The third-order valence-corrected chi connectivity index (χ3v) is 3.30. The van der Waals surface area contributed by atoms with Crippen LogP contribution in [-0.2, 0) is 6.54 Å². The molecule has 1 atom stereocenters. The van der Waals surface area contributed by atoms with Crippen LogP contribution in [0, 0.1) is 5.41 Å². The Morgan fingerprint density at radius 2 is 2.07 bits per heavy atom. The number of aliphatic imine (C=N–C) groups is 1. The van der Waals surface area contributed by atoms with E-state index in [-0.39, 0.29) is 5.41 Å². The van der Waals surface area contributed by atoms with Crippen molar-refractivity contribution in [2.45, 2.75) is 40.2 Å². The fourth-order valence-electron chi connectivity index (χ4n) is 1.74. The van der Waals surface area contributed by atoms with Crippen LogP contribution in [-0.4, -0.2) is 11.2 Å². The van der Waals surface area contributed by atoms with Gasteiger partial charge in [-0.3, -0.25) is 9.98 Å². The summed E-state index contributed by atoms with van der Waals surface area (Å²) in [6.45, 7) is 9.80. The quantitative estimate of drug-likeness (QED) is 0.686. The molecule has 0 aliphatic carbocycles. The van der Waals surface area contributed by atoms with Gasteiger partial charge in [0.1, 0.15) is 0 Å². The highest BCUT2D eigenvalue weighted by Gasteiger charge is 2.22. The molecule has 0 bridgehead atoms. The Morgan fingerprint density at radius 1 is 1.33 bits per heavy atom. The standard InChI is InChI=1S/C13H18N2/c1-9(13(2,3)4)10-5-11-6-14-8-12(11)15-7-10/h5-7,9H,8H2,1-4H3/t9-/m1/s1. The Kier molecular flexibility index (Phi) is 2.37. The van der Waals surface area contributed by atoms with Gasteiger partial charge in [-0.15, -0.1) is 0 Å². The highest BCUT2D eigenvalue weighted by atomic mass is 14.8. The van der Waals surface area contributed by atoms with E-state index >= 15 is 0 Å². The molecule has 1 aromatic heterocycles. The summed E-state index contributed by atoms with van der Waals surface area (Å²) in [6.07, 6.45) is 3.94. The molecule has 1 aliphatic heterocycles. The van der Waals surface area contributed by atoms with E-state index in [0.717, 1.165) is 12.2 Å². The molecule has 0 spiro atoms. The number of hydrogen-bond acceptors (Lipinski definition) is 2. The molecule has 0 saturated carbocycles. The Hall–Kier alpha value is -1.18. The summed E-state index contributed by atoms with van der Waals surface area (Å²) in [4.78, 5) is 8.70. The molecule has 0 N–H and O–H groups in total. The van der Waals surface area contributed by atoms with Crippen LogP contribution in [0.25, 0.3) is 0 Å². The number of rotatable bonds is 1. The average Bonchev–Trinajstić information content (AvgIpc) is 2.61. The minimum Gasteiger partial charge on any atom is -0.286 e. The summed E-state index contributed by atoms with van der Waals surface area (Å²) in [5, 5.41) is 0. The second-order valence-corrected chi connectivity index (χ2v) is 5.36. The van der Waals surface area contributed by atoms with Gasteiger partial charge < -0.3 is 0 Å². The van der Waals surface area contributed by atoms with Gasteiger partial charge in [-0.1, -0.05) is 27.7 Å². The fourth-order valence-corrected chi connectivity index (χ4v) is 1.74. The van der Waals surface area contributed by atoms with Gasteiger partial charge in [-0.2, -0.15) is 0 Å². The molecule has 0 amide bonds. The predicted molar refractivity (Wildman–Crippen MR) is 63.4 cm³/mol. The molecular formula is C13H18N2. The maximum absolute atomic E-state index is 4.47. The summed E-state index contributed by atoms with van der Waals surface area (Å²) in [5.74, 6) is 0.518. The zero-order valence-electron chi connectivity index (χ0n) is 9.91. The SMILES string of the molecule is C[C@H](c1cnc2c(c1)C=NC2)C(C)(C)C. The molecule has 1 aromatic rings. The van der Waals surface area contributed by atoms with Gasteiger partial charge in [-0.05, 0) is 23.0 Å². The van der Waals surface area contributed by atoms with Gasteiger partial charge in [0.2, 0.25) is 0 Å². The first-order valence-corrected chi connectivity index (χ1v) is 5.47. The predicted octanol–water partition coefficient (Wildman–Crippen LogP) is 3.16. The van der Waals surface area contributed by atoms with Crippen molar-refractivity contribution < 1.29 is 0 Å². The summed E-state index contributed by atoms with van der Waals surface area (Å²) < 4.78 is 0. The van der Waals surface area contributed by atoms with E-state index in [1.165, 1.54) is 11.1 Å². The molecule has 2 heterocycles. The number of aromatic nitrogens is 1. The van der Waals surface area contributed by atoms with Crippen LogP contribution in [0.3, 0.4) is 0 Å². The highest BCUT2D eigenvalue weighted by molar-refractivity contribution is 5.83. The molecular weight excluding hydrogens is 184 g/mol. The Labute approximate surface area is 91.5 Å². The van der Waals surface area contributed by atoms with Crippen LogP contribution < -0.4 is 0 Å². The lowest BCUT2D eigenvalue weighted by molar-refractivity contribution is 0.339. The summed E-state index contributed by atoms with van der Waals surface area (Å²) in [5.41, 5.74) is 3.91. The first-order chi connectivity index (χ1) is 6.98. The Balaban J connectivity index is 2.34. The largest absolute Gasteiger partial charge is 0.286 e. The van der Waals surface area contributed by atoms with E-state index < -0.39 is 0 Å². The third-order valence-electron chi connectivity index (χ3n) is 3.30. The Bertz CT molecular complexity index is 399. The minimum atomic E-state index is 0.283. The van der Waals surface area contributed by atoms with Crippen molar-refractivity contribution in [1.29, 1.82) is 0 Å². The monoisotopic (exact) mass is 202 g/mol. The smallest absolute Gasteiger partial charge is 0.0818 e. The van der Waals surface area contributed by atoms with E-state index in [2.05, 4.69) is 43.7 Å². The summed E-state index contributed by atoms with van der Waals surface area (Å²) in [6, 6.07) is 2.23. The van der Waals surface area contributed by atoms with Crippen molar-refractivity contribution in [3.63, 3.8) is 0 Å². The zero-order valence-corrected chi connectivity index (χ0v) is 9.91. The van der Waals surface area contributed by atoms with Crippen molar-refractivity contribution in [2.75, 3.05) is 0 Å². The van der Waals surface area contributed by atoms with Crippen molar-refractivity contribution in [3.05, 3.63) is 29.1 Å². The summed E-state index contributed by atoms with van der Waals surface area (Å²) >= 11 is 0. The molecule has 2 rings (SSSR count). The first-order valence-electron chi connectivity index (χ1n) is 5.47. The van der Waals surface area contributed by atoms with E-state index in [0.29, 0.717) is 5.92 Å². The van der Waals surface area contributed by atoms with E-state index in [4.69, 9.17) is 0 Å². The van der Waals surface area contributed by atoms with Gasteiger partial charge in [0.25, 0.3) is 0 Å². The lowest BCUT2D eigenvalue weighted by Gasteiger charge is -2.27. The molecule has 0 unspecified atom stereocenters. The van der Waals surface area contributed by atoms with Gasteiger partial charge >= 0.3 is 0 Å². The number of hydrogen-bond donors (Lipinski definition) is 0. The molecule has 0 saturated heterocycles. The van der Waals surface area contributed by atoms with Crippen LogP contribution in [0.15, 0.2) is 17.3 Å².